The minimum absolute atomic E-state index is 0.0131. The van der Waals surface area contributed by atoms with Gasteiger partial charge in [0, 0.05) is 57.8 Å². The van der Waals surface area contributed by atoms with Crippen LogP contribution in [0.4, 0.5) is 11.4 Å². The van der Waals surface area contributed by atoms with E-state index in [0.29, 0.717) is 24.7 Å². The normalized spacial score (nSPS) is 18.0. The van der Waals surface area contributed by atoms with E-state index in [1.165, 1.54) is 11.1 Å². The minimum Gasteiger partial charge on any atom is -0.366 e. The maximum absolute atomic E-state index is 13.1. The Balaban J connectivity index is 1.25. The van der Waals surface area contributed by atoms with Gasteiger partial charge in [-0.15, -0.1) is 0 Å². The highest BCUT2D eigenvalue weighted by atomic mass is 16.6. The number of hydrogen-bond acceptors (Lipinski definition) is 5. The van der Waals surface area contributed by atoms with E-state index in [4.69, 9.17) is 0 Å². The first-order chi connectivity index (χ1) is 15.9. The first-order valence-corrected chi connectivity index (χ1v) is 12.0. The number of hydrogen-bond donors (Lipinski definition) is 0. The molecular formula is C26H34N4O3. The molecule has 2 aliphatic heterocycles. The van der Waals surface area contributed by atoms with Crippen molar-refractivity contribution in [3.8, 4) is 0 Å². The van der Waals surface area contributed by atoms with E-state index in [2.05, 4.69) is 43.0 Å². The van der Waals surface area contributed by atoms with Crippen LogP contribution >= 0.6 is 0 Å². The molecule has 0 radical (unpaired) electrons. The van der Waals surface area contributed by atoms with Gasteiger partial charge in [0.25, 0.3) is 5.69 Å². The molecular weight excluding hydrogens is 416 g/mol. The SMILES string of the molecule is CC(C)c1ccc(CN2CCN(C(=O)C3CCN(c4ccccc4[N+](=O)[O-])CC3)CC2)cc1. The zero-order valence-corrected chi connectivity index (χ0v) is 19.7. The lowest BCUT2D eigenvalue weighted by Gasteiger charge is -2.39. The highest BCUT2D eigenvalue weighted by Gasteiger charge is 2.32. The highest BCUT2D eigenvalue weighted by molar-refractivity contribution is 5.79. The summed E-state index contributed by atoms with van der Waals surface area (Å²) < 4.78 is 0. The molecule has 2 aliphatic rings. The van der Waals surface area contributed by atoms with Gasteiger partial charge in [0.1, 0.15) is 5.69 Å². The van der Waals surface area contributed by atoms with E-state index >= 15 is 0 Å². The van der Waals surface area contributed by atoms with E-state index < -0.39 is 0 Å². The van der Waals surface area contributed by atoms with Gasteiger partial charge in [-0.1, -0.05) is 50.2 Å². The second-order valence-corrected chi connectivity index (χ2v) is 9.50. The van der Waals surface area contributed by atoms with Crippen molar-refractivity contribution >= 4 is 17.3 Å². The van der Waals surface area contributed by atoms with Gasteiger partial charge in [0.05, 0.1) is 4.92 Å². The fourth-order valence-corrected chi connectivity index (χ4v) is 4.90. The summed E-state index contributed by atoms with van der Waals surface area (Å²) >= 11 is 0. The van der Waals surface area contributed by atoms with Crippen LogP contribution in [0, 0.1) is 16.0 Å². The van der Waals surface area contributed by atoms with Crippen LogP contribution in [0.1, 0.15) is 43.7 Å². The van der Waals surface area contributed by atoms with Gasteiger partial charge < -0.3 is 9.80 Å². The third kappa shape index (κ3) is 5.53. The smallest absolute Gasteiger partial charge is 0.292 e. The Kier molecular flexibility index (Phi) is 7.28. The lowest BCUT2D eigenvalue weighted by Crippen LogP contribution is -2.51. The monoisotopic (exact) mass is 450 g/mol. The van der Waals surface area contributed by atoms with Crippen molar-refractivity contribution in [1.82, 2.24) is 9.80 Å². The maximum atomic E-state index is 13.1. The van der Waals surface area contributed by atoms with E-state index in [9.17, 15) is 14.9 Å². The van der Waals surface area contributed by atoms with Gasteiger partial charge in [0.15, 0.2) is 0 Å². The molecule has 0 aliphatic carbocycles. The highest BCUT2D eigenvalue weighted by Crippen LogP contribution is 2.31. The van der Waals surface area contributed by atoms with Gasteiger partial charge in [-0.2, -0.15) is 0 Å². The Morgan fingerprint density at radius 3 is 2.21 bits per heavy atom. The van der Waals surface area contributed by atoms with E-state index in [1.54, 1.807) is 18.2 Å². The summed E-state index contributed by atoms with van der Waals surface area (Å²) in [5, 5.41) is 11.3. The number of anilines is 1. The Morgan fingerprint density at radius 1 is 0.970 bits per heavy atom. The van der Waals surface area contributed by atoms with Crippen molar-refractivity contribution < 1.29 is 9.72 Å². The summed E-state index contributed by atoms with van der Waals surface area (Å²) in [6.45, 7) is 10.0. The number of amides is 1. The van der Waals surface area contributed by atoms with Crippen molar-refractivity contribution in [1.29, 1.82) is 0 Å². The molecule has 0 atom stereocenters. The summed E-state index contributed by atoms with van der Waals surface area (Å²) in [6, 6.07) is 15.7. The molecule has 2 heterocycles. The Labute approximate surface area is 196 Å². The van der Waals surface area contributed by atoms with E-state index in [1.807, 2.05) is 15.9 Å². The number of carbonyl (C=O) groups is 1. The van der Waals surface area contributed by atoms with Crippen LogP contribution in [-0.2, 0) is 11.3 Å². The third-order valence-corrected chi connectivity index (χ3v) is 7.00. The number of piperidine rings is 1. The molecule has 2 fully saturated rings. The van der Waals surface area contributed by atoms with Gasteiger partial charge in [-0.3, -0.25) is 19.8 Å². The van der Waals surface area contributed by atoms with Crippen molar-refractivity contribution in [2.45, 2.75) is 39.2 Å². The predicted molar refractivity (Wildman–Crippen MR) is 130 cm³/mol. The van der Waals surface area contributed by atoms with Crippen molar-refractivity contribution in [2.24, 2.45) is 5.92 Å². The van der Waals surface area contributed by atoms with Crippen LogP contribution in [0.25, 0.3) is 0 Å². The van der Waals surface area contributed by atoms with Gasteiger partial charge in [-0.05, 0) is 36.0 Å². The van der Waals surface area contributed by atoms with Crippen LogP contribution in [0.2, 0.25) is 0 Å². The van der Waals surface area contributed by atoms with E-state index in [0.717, 1.165) is 45.6 Å². The van der Waals surface area contributed by atoms with Gasteiger partial charge >= 0.3 is 0 Å². The maximum Gasteiger partial charge on any atom is 0.292 e. The summed E-state index contributed by atoms with van der Waals surface area (Å²) in [5.41, 5.74) is 3.48. The summed E-state index contributed by atoms with van der Waals surface area (Å²) in [4.78, 5) is 30.6. The number of nitro benzene ring substituents is 1. The molecule has 1 amide bonds. The Bertz CT molecular complexity index is 960. The summed E-state index contributed by atoms with van der Waals surface area (Å²) in [5.74, 6) is 0.806. The number of para-hydroxylation sites is 2. The van der Waals surface area contributed by atoms with Gasteiger partial charge in [-0.25, -0.2) is 0 Å². The molecule has 0 spiro atoms. The molecule has 0 saturated carbocycles. The topological polar surface area (TPSA) is 69.9 Å². The van der Waals surface area contributed by atoms with Gasteiger partial charge in [0.2, 0.25) is 5.91 Å². The predicted octanol–water partition coefficient (Wildman–Crippen LogP) is 4.28. The summed E-state index contributed by atoms with van der Waals surface area (Å²) in [7, 11) is 0. The molecule has 33 heavy (non-hydrogen) atoms. The molecule has 7 nitrogen and oxygen atoms in total. The molecule has 0 bridgehead atoms. The molecule has 2 aromatic rings. The second kappa shape index (κ2) is 10.3. The van der Waals surface area contributed by atoms with Crippen molar-refractivity contribution in [3.63, 3.8) is 0 Å². The molecule has 2 aromatic carbocycles. The van der Waals surface area contributed by atoms with Crippen LogP contribution in [0.15, 0.2) is 48.5 Å². The number of rotatable bonds is 6. The molecule has 0 aromatic heterocycles. The Hall–Kier alpha value is -2.93. The first kappa shape index (κ1) is 23.2. The number of nitro groups is 1. The average molecular weight is 451 g/mol. The minimum atomic E-state index is -0.329. The van der Waals surface area contributed by atoms with Crippen LogP contribution < -0.4 is 4.90 Å². The quantitative estimate of drug-likeness (QED) is 0.485. The molecule has 7 heteroatoms. The zero-order chi connectivity index (χ0) is 23.4. The largest absolute Gasteiger partial charge is 0.366 e. The fraction of sp³-hybridized carbons (Fsp3) is 0.500. The number of piperazine rings is 1. The Morgan fingerprint density at radius 2 is 1.61 bits per heavy atom. The lowest BCUT2D eigenvalue weighted by molar-refractivity contribution is -0.384. The van der Waals surface area contributed by atoms with E-state index in [-0.39, 0.29) is 22.4 Å². The fourth-order valence-electron chi connectivity index (χ4n) is 4.90. The first-order valence-electron chi connectivity index (χ1n) is 12.0. The number of benzene rings is 2. The van der Waals surface area contributed by atoms with Crippen molar-refractivity contribution in [3.05, 3.63) is 69.8 Å². The van der Waals surface area contributed by atoms with Crippen LogP contribution in [-0.4, -0.2) is 59.9 Å². The number of nitrogens with zero attached hydrogens (tertiary/aromatic N) is 4. The molecule has 4 rings (SSSR count). The third-order valence-electron chi connectivity index (χ3n) is 7.00. The second-order valence-electron chi connectivity index (χ2n) is 9.50. The molecule has 176 valence electrons. The lowest BCUT2D eigenvalue weighted by atomic mass is 9.94. The van der Waals surface area contributed by atoms with Crippen LogP contribution in [0.5, 0.6) is 0 Å². The standard InChI is InChI=1S/C26H34N4O3/c1-20(2)22-9-7-21(8-10-22)19-27-15-17-29(18-16-27)26(31)23-11-13-28(14-12-23)24-5-3-4-6-25(24)30(32)33/h3-10,20,23H,11-19H2,1-2H3. The molecule has 0 N–H and O–H groups in total. The molecule has 2 saturated heterocycles. The van der Waals surface area contributed by atoms with Crippen molar-refractivity contribution in [2.75, 3.05) is 44.2 Å². The average Bonchev–Trinajstić information content (AvgIpc) is 2.84. The van der Waals surface area contributed by atoms with Crippen LogP contribution in [0.3, 0.4) is 0 Å². The number of carbonyl (C=O) groups excluding carboxylic acids is 1. The summed E-state index contributed by atoms with van der Waals surface area (Å²) in [6.07, 6.45) is 1.49. The molecule has 0 unspecified atom stereocenters. The zero-order valence-electron chi connectivity index (χ0n) is 19.7.